The van der Waals surface area contributed by atoms with Gasteiger partial charge in [-0.1, -0.05) is 20.8 Å². The molecule has 0 aliphatic carbocycles. The second-order valence-electron chi connectivity index (χ2n) is 2.97. The van der Waals surface area contributed by atoms with Crippen molar-refractivity contribution >= 4 is 0 Å². The van der Waals surface area contributed by atoms with E-state index in [2.05, 4.69) is 0 Å². The third-order valence-electron chi connectivity index (χ3n) is 0.696. The fourth-order valence-corrected chi connectivity index (χ4v) is 0.284. The van der Waals surface area contributed by atoms with Gasteiger partial charge < -0.3 is 0 Å². The largest absolute Gasteiger partial charge is 0.259 e. The van der Waals surface area contributed by atoms with Crippen LogP contribution in [0.25, 0.3) is 0 Å². The zero-order valence-corrected chi connectivity index (χ0v) is 5.92. The minimum atomic E-state index is -0.453. The third-order valence-corrected chi connectivity index (χ3v) is 0.696. The maximum atomic E-state index is 9.76. The van der Waals surface area contributed by atoms with E-state index in [9.17, 15) is 10.1 Å². The lowest BCUT2D eigenvalue weighted by Gasteiger charge is -2.07. The number of rotatable bonds is 1. The smallest absolute Gasteiger partial charge is 0.231 e. The molecular weight excluding hydrogens is 118 g/mol. The van der Waals surface area contributed by atoms with Crippen molar-refractivity contribution in [2.75, 3.05) is 0 Å². The van der Waals surface area contributed by atoms with Gasteiger partial charge in [-0.2, -0.15) is 0 Å². The maximum Gasteiger partial charge on any atom is 0.231 e. The normalized spacial score (nSPS) is 12.3. The van der Waals surface area contributed by atoms with Crippen LogP contribution < -0.4 is 0 Å². The monoisotopic (exact) mass is 129 g/mol. The van der Waals surface area contributed by atoms with Crippen LogP contribution in [0.5, 0.6) is 0 Å². The van der Waals surface area contributed by atoms with Gasteiger partial charge in [-0.15, -0.1) is 0 Å². The SMILES string of the molecule is CC(C)(C)C=C[N+](=O)[O-]. The first-order valence-electron chi connectivity index (χ1n) is 2.75. The molecule has 0 heterocycles. The fourth-order valence-electron chi connectivity index (χ4n) is 0.284. The molecule has 0 saturated heterocycles. The molecule has 52 valence electrons. The summed E-state index contributed by atoms with van der Waals surface area (Å²) in [6.07, 6.45) is 2.53. The number of hydrogen-bond acceptors (Lipinski definition) is 2. The van der Waals surface area contributed by atoms with Crippen molar-refractivity contribution in [3.8, 4) is 0 Å². The summed E-state index contributed by atoms with van der Waals surface area (Å²) in [5.74, 6) is 0. The van der Waals surface area contributed by atoms with Crippen molar-refractivity contribution in [3.05, 3.63) is 22.4 Å². The Kier molecular flexibility index (Phi) is 2.37. The molecule has 0 amide bonds. The van der Waals surface area contributed by atoms with Crippen LogP contribution in [0.15, 0.2) is 12.3 Å². The molecule has 0 aliphatic heterocycles. The van der Waals surface area contributed by atoms with E-state index in [0.717, 1.165) is 6.20 Å². The summed E-state index contributed by atoms with van der Waals surface area (Å²) in [5, 5.41) is 9.76. The van der Waals surface area contributed by atoms with E-state index in [0.29, 0.717) is 0 Å². The Bertz CT molecular complexity index is 132. The molecule has 0 aromatic carbocycles. The Morgan fingerprint density at radius 1 is 1.44 bits per heavy atom. The highest BCUT2D eigenvalue weighted by atomic mass is 16.6. The van der Waals surface area contributed by atoms with Crippen LogP contribution >= 0.6 is 0 Å². The van der Waals surface area contributed by atoms with E-state index < -0.39 is 4.92 Å². The van der Waals surface area contributed by atoms with Crippen molar-refractivity contribution in [3.63, 3.8) is 0 Å². The molecule has 3 heteroatoms. The Morgan fingerprint density at radius 2 is 1.89 bits per heavy atom. The van der Waals surface area contributed by atoms with Gasteiger partial charge in [0.05, 0.1) is 4.92 Å². The van der Waals surface area contributed by atoms with Gasteiger partial charge in [0, 0.05) is 0 Å². The van der Waals surface area contributed by atoms with Crippen LogP contribution in [0.4, 0.5) is 0 Å². The molecule has 9 heavy (non-hydrogen) atoms. The maximum absolute atomic E-state index is 9.76. The lowest BCUT2D eigenvalue weighted by Crippen LogP contribution is -2.00. The molecule has 0 aromatic rings. The van der Waals surface area contributed by atoms with Gasteiger partial charge in [-0.3, -0.25) is 10.1 Å². The minimum absolute atomic E-state index is 0.0902. The van der Waals surface area contributed by atoms with Crippen LogP contribution in [0.2, 0.25) is 0 Å². The molecule has 0 radical (unpaired) electrons. The molecule has 0 aromatic heterocycles. The molecule has 0 fully saturated rings. The standard InChI is InChI=1S/C6H11NO2/c1-6(2,3)4-5-7(8)9/h4-5H,1-3H3. The molecular formula is C6H11NO2. The summed E-state index contributed by atoms with van der Waals surface area (Å²) < 4.78 is 0. The second-order valence-corrected chi connectivity index (χ2v) is 2.97. The van der Waals surface area contributed by atoms with E-state index in [-0.39, 0.29) is 5.41 Å². The van der Waals surface area contributed by atoms with Crippen LogP contribution in [0, 0.1) is 15.5 Å². The van der Waals surface area contributed by atoms with Crippen molar-refractivity contribution in [1.29, 1.82) is 0 Å². The zero-order valence-electron chi connectivity index (χ0n) is 5.92. The molecule has 0 N–H and O–H groups in total. The van der Waals surface area contributed by atoms with Gasteiger partial charge >= 0.3 is 0 Å². The van der Waals surface area contributed by atoms with Crippen molar-refractivity contribution < 1.29 is 4.92 Å². The molecule has 0 rings (SSSR count). The minimum Gasteiger partial charge on any atom is -0.259 e. The molecule has 0 atom stereocenters. The number of nitrogens with zero attached hydrogens (tertiary/aromatic N) is 1. The predicted molar refractivity (Wildman–Crippen MR) is 35.6 cm³/mol. The first-order chi connectivity index (χ1) is 3.92. The first kappa shape index (κ1) is 8.14. The van der Waals surface area contributed by atoms with Gasteiger partial charge in [-0.05, 0) is 11.5 Å². The van der Waals surface area contributed by atoms with Gasteiger partial charge in [0.25, 0.3) is 0 Å². The Morgan fingerprint density at radius 3 is 2.00 bits per heavy atom. The number of nitro groups is 1. The summed E-state index contributed by atoms with van der Waals surface area (Å²) in [7, 11) is 0. The summed E-state index contributed by atoms with van der Waals surface area (Å²) in [4.78, 5) is 9.31. The van der Waals surface area contributed by atoms with E-state index >= 15 is 0 Å². The third kappa shape index (κ3) is 7.14. The van der Waals surface area contributed by atoms with E-state index in [1.807, 2.05) is 20.8 Å². The average molecular weight is 129 g/mol. The Balaban J connectivity index is 3.86. The van der Waals surface area contributed by atoms with E-state index in [1.165, 1.54) is 0 Å². The van der Waals surface area contributed by atoms with Crippen LogP contribution in [0.1, 0.15) is 20.8 Å². The summed E-state index contributed by atoms with van der Waals surface area (Å²) >= 11 is 0. The van der Waals surface area contributed by atoms with E-state index in [4.69, 9.17) is 0 Å². The molecule has 0 saturated carbocycles. The summed E-state index contributed by atoms with van der Waals surface area (Å²) in [5.41, 5.74) is -0.0902. The highest BCUT2D eigenvalue weighted by molar-refractivity contribution is 4.86. The number of hydrogen-bond donors (Lipinski definition) is 0. The summed E-state index contributed by atoms with van der Waals surface area (Å²) in [6.45, 7) is 5.73. The van der Waals surface area contributed by atoms with Crippen molar-refractivity contribution in [2.24, 2.45) is 5.41 Å². The predicted octanol–water partition coefficient (Wildman–Crippen LogP) is 1.82. The molecule has 3 nitrogen and oxygen atoms in total. The lowest BCUT2D eigenvalue weighted by atomic mass is 9.97. The average Bonchev–Trinajstić information content (AvgIpc) is 1.59. The van der Waals surface area contributed by atoms with Gasteiger partial charge in [0.1, 0.15) is 0 Å². The molecule has 0 spiro atoms. The topological polar surface area (TPSA) is 43.1 Å². The van der Waals surface area contributed by atoms with Crippen LogP contribution in [-0.4, -0.2) is 4.92 Å². The van der Waals surface area contributed by atoms with Crippen LogP contribution in [-0.2, 0) is 0 Å². The Labute approximate surface area is 54.5 Å². The van der Waals surface area contributed by atoms with Gasteiger partial charge in [0.15, 0.2) is 0 Å². The quantitative estimate of drug-likeness (QED) is 0.400. The van der Waals surface area contributed by atoms with Crippen molar-refractivity contribution in [2.45, 2.75) is 20.8 Å². The van der Waals surface area contributed by atoms with E-state index in [1.54, 1.807) is 6.08 Å². The van der Waals surface area contributed by atoms with Gasteiger partial charge in [0.2, 0.25) is 6.20 Å². The number of allylic oxidation sites excluding steroid dienone is 1. The summed E-state index contributed by atoms with van der Waals surface area (Å²) in [6, 6.07) is 0. The first-order valence-corrected chi connectivity index (χ1v) is 2.75. The highest BCUT2D eigenvalue weighted by Gasteiger charge is 2.05. The van der Waals surface area contributed by atoms with Crippen LogP contribution in [0.3, 0.4) is 0 Å². The Hall–Kier alpha value is -0.860. The van der Waals surface area contributed by atoms with Gasteiger partial charge in [-0.25, -0.2) is 0 Å². The molecule has 0 aliphatic rings. The fraction of sp³-hybridized carbons (Fsp3) is 0.667. The lowest BCUT2D eigenvalue weighted by molar-refractivity contribution is -0.403. The molecule has 0 unspecified atom stereocenters. The second kappa shape index (κ2) is 2.62. The zero-order chi connectivity index (χ0) is 7.49. The van der Waals surface area contributed by atoms with Crippen molar-refractivity contribution in [1.82, 2.24) is 0 Å². The molecule has 0 bridgehead atoms. The highest BCUT2D eigenvalue weighted by Crippen LogP contribution is 2.13.